The van der Waals surface area contributed by atoms with Gasteiger partial charge in [0.2, 0.25) is 0 Å². The van der Waals surface area contributed by atoms with Crippen molar-refractivity contribution in [1.29, 1.82) is 0 Å². The van der Waals surface area contributed by atoms with Crippen LogP contribution in [0.3, 0.4) is 0 Å². The molecule has 17 heavy (non-hydrogen) atoms. The van der Waals surface area contributed by atoms with E-state index in [-0.39, 0.29) is 5.91 Å². The van der Waals surface area contributed by atoms with Gasteiger partial charge in [0.1, 0.15) is 0 Å². The normalized spacial score (nSPS) is 10.2. The molecule has 0 aliphatic carbocycles. The van der Waals surface area contributed by atoms with Gasteiger partial charge >= 0.3 is 0 Å². The van der Waals surface area contributed by atoms with Crippen LogP contribution in [0.25, 0.3) is 0 Å². The number of hydrogen-bond donors (Lipinski definition) is 1. The molecule has 88 valence electrons. The Morgan fingerprint density at radius 2 is 2.29 bits per heavy atom. The smallest absolute Gasteiger partial charge is 0.251 e. The Kier molecular flexibility index (Phi) is 3.81. The highest BCUT2D eigenvalue weighted by atomic mass is 79.9. The average molecular weight is 316 g/mol. The molecule has 0 spiro atoms. The number of rotatable bonds is 3. The number of halogens is 2. The second kappa shape index (κ2) is 5.33. The van der Waals surface area contributed by atoms with E-state index in [1.807, 2.05) is 0 Å². The molecule has 1 aromatic heterocycles. The highest BCUT2D eigenvalue weighted by Crippen LogP contribution is 2.19. The van der Waals surface area contributed by atoms with Crippen LogP contribution in [0, 0.1) is 0 Å². The van der Waals surface area contributed by atoms with E-state index < -0.39 is 0 Å². The zero-order valence-corrected chi connectivity index (χ0v) is 11.0. The van der Waals surface area contributed by atoms with E-state index in [4.69, 9.17) is 16.1 Å². The molecule has 6 heteroatoms. The zero-order valence-electron chi connectivity index (χ0n) is 8.61. The van der Waals surface area contributed by atoms with Crippen molar-refractivity contribution in [2.24, 2.45) is 0 Å². The Hall–Kier alpha value is -1.33. The number of hydrogen-bond acceptors (Lipinski definition) is 3. The maximum absolute atomic E-state index is 11.8. The van der Waals surface area contributed by atoms with E-state index in [9.17, 15) is 4.79 Å². The van der Waals surface area contributed by atoms with Gasteiger partial charge in [-0.05, 0) is 18.2 Å². The molecule has 0 saturated heterocycles. The van der Waals surface area contributed by atoms with Crippen molar-refractivity contribution in [2.45, 2.75) is 6.54 Å². The van der Waals surface area contributed by atoms with E-state index in [0.29, 0.717) is 22.9 Å². The molecule has 0 aliphatic rings. The van der Waals surface area contributed by atoms with E-state index in [1.165, 1.54) is 6.20 Å². The minimum atomic E-state index is -0.218. The van der Waals surface area contributed by atoms with Gasteiger partial charge in [-0.2, -0.15) is 0 Å². The third kappa shape index (κ3) is 3.31. The van der Waals surface area contributed by atoms with Crippen molar-refractivity contribution in [2.75, 3.05) is 0 Å². The summed E-state index contributed by atoms with van der Waals surface area (Å²) in [4.78, 5) is 11.8. The van der Waals surface area contributed by atoms with Gasteiger partial charge in [0.15, 0.2) is 5.76 Å². The number of amides is 1. The maximum atomic E-state index is 11.8. The SMILES string of the molecule is O=C(NCc1ccno1)c1cc(Cl)cc(Br)c1. The van der Waals surface area contributed by atoms with Gasteiger partial charge in [-0.15, -0.1) is 0 Å². The minimum Gasteiger partial charge on any atom is -0.360 e. The molecule has 2 aromatic rings. The molecular weight excluding hydrogens is 307 g/mol. The Labute approximate surface area is 111 Å². The molecule has 4 nitrogen and oxygen atoms in total. The minimum absolute atomic E-state index is 0.218. The molecule has 0 radical (unpaired) electrons. The molecule has 0 saturated carbocycles. The highest BCUT2D eigenvalue weighted by Gasteiger charge is 2.08. The standard InChI is InChI=1S/C11H8BrClN2O2/c12-8-3-7(4-9(13)5-8)11(16)14-6-10-1-2-15-17-10/h1-5H,6H2,(H,14,16). The summed E-state index contributed by atoms with van der Waals surface area (Å²) < 4.78 is 5.63. The summed E-state index contributed by atoms with van der Waals surface area (Å²) in [5.74, 6) is 0.379. The van der Waals surface area contributed by atoms with Gasteiger partial charge < -0.3 is 9.84 Å². The van der Waals surface area contributed by atoms with Crippen LogP contribution in [-0.4, -0.2) is 11.1 Å². The summed E-state index contributed by atoms with van der Waals surface area (Å²) in [7, 11) is 0. The van der Waals surface area contributed by atoms with Crippen LogP contribution in [0.15, 0.2) is 39.5 Å². The fraction of sp³-hybridized carbons (Fsp3) is 0.0909. The first-order valence-corrected chi connectivity index (χ1v) is 5.96. The van der Waals surface area contributed by atoms with Crippen LogP contribution >= 0.6 is 27.5 Å². The topological polar surface area (TPSA) is 55.1 Å². The Morgan fingerprint density at radius 1 is 1.47 bits per heavy atom. The van der Waals surface area contributed by atoms with Crippen LogP contribution in [0.5, 0.6) is 0 Å². The quantitative estimate of drug-likeness (QED) is 0.947. The van der Waals surface area contributed by atoms with E-state index in [0.717, 1.165) is 4.47 Å². The van der Waals surface area contributed by atoms with Crippen LogP contribution in [0.4, 0.5) is 0 Å². The Bertz CT molecular complexity index is 508. The van der Waals surface area contributed by atoms with Crippen molar-refractivity contribution >= 4 is 33.4 Å². The van der Waals surface area contributed by atoms with Crippen LogP contribution in [-0.2, 0) is 6.54 Å². The van der Waals surface area contributed by atoms with E-state index >= 15 is 0 Å². The number of aromatic nitrogens is 1. The summed E-state index contributed by atoms with van der Waals surface area (Å²) in [6, 6.07) is 6.70. The number of benzene rings is 1. The maximum Gasteiger partial charge on any atom is 0.251 e. The van der Waals surface area contributed by atoms with Crippen molar-refractivity contribution in [1.82, 2.24) is 10.5 Å². The lowest BCUT2D eigenvalue weighted by atomic mass is 10.2. The summed E-state index contributed by atoms with van der Waals surface area (Å²) in [5.41, 5.74) is 0.490. The molecule has 1 N–H and O–H groups in total. The monoisotopic (exact) mass is 314 g/mol. The van der Waals surface area contributed by atoms with E-state index in [1.54, 1.807) is 24.3 Å². The zero-order chi connectivity index (χ0) is 12.3. The predicted octanol–water partition coefficient (Wildman–Crippen LogP) is 3.02. The lowest BCUT2D eigenvalue weighted by Gasteiger charge is -2.04. The number of carbonyl (C=O) groups is 1. The average Bonchev–Trinajstić information content (AvgIpc) is 2.77. The fourth-order valence-electron chi connectivity index (χ4n) is 1.29. The number of carbonyl (C=O) groups excluding carboxylic acids is 1. The molecule has 2 rings (SSSR count). The molecule has 1 heterocycles. The molecular formula is C11H8BrClN2O2. The van der Waals surface area contributed by atoms with Crippen LogP contribution < -0.4 is 5.32 Å². The Balaban J connectivity index is 2.04. The lowest BCUT2D eigenvalue weighted by Crippen LogP contribution is -2.22. The van der Waals surface area contributed by atoms with Crippen molar-refractivity contribution in [3.8, 4) is 0 Å². The largest absolute Gasteiger partial charge is 0.360 e. The van der Waals surface area contributed by atoms with E-state index in [2.05, 4.69) is 26.4 Å². The van der Waals surface area contributed by atoms with Gasteiger partial charge in [0, 0.05) is 21.1 Å². The molecule has 0 bridgehead atoms. The summed E-state index contributed by atoms with van der Waals surface area (Å²) in [5, 5.41) is 6.75. The first kappa shape index (κ1) is 12.1. The molecule has 0 unspecified atom stereocenters. The van der Waals surface area contributed by atoms with Gasteiger partial charge in [0.05, 0.1) is 12.7 Å². The van der Waals surface area contributed by atoms with Crippen molar-refractivity contribution < 1.29 is 9.32 Å². The van der Waals surface area contributed by atoms with Crippen LogP contribution in [0.2, 0.25) is 5.02 Å². The molecule has 1 amide bonds. The Morgan fingerprint density at radius 3 is 2.94 bits per heavy atom. The first-order chi connectivity index (χ1) is 8.15. The summed E-state index contributed by atoms with van der Waals surface area (Å²) in [6.07, 6.45) is 1.53. The summed E-state index contributed by atoms with van der Waals surface area (Å²) >= 11 is 9.13. The molecule has 0 atom stereocenters. The van der Waals surface area contributed by atoms with Gasteiger partial charge in [-0.1, -0.05) is 32.7 Å². The van der Waals surface area contributed by atoms with Gasteiger partial charge in [0.25, 0.3) is 5.91 Å². The summed E-state index contributed by atoms with van der Waals surface area (Å²) in [6.45, 7) is 0.295. The predicted molar refractivity (Wildman–Crippen MR) is 66.8 cm³/mol. The highest BCUT2D eigenvalue weighted by molar-refractivity contribution is 9.10. The fourth-order valence-corrected chi connectivity index (χ4v) is 2.15. The molecule has 0 fully saturated rings. The first-order valence-electron chi connectivity index (χ1n) is 4.79. The molecule has 0 aliphatic heterocycles. The molecule has 1 aromatic carbocycles. The second-order valence-corrected chi connectivity index (χ2v) is 4.67. The third-order valence-electron chi connectivity index (χ3n) is 2.04. The van der Waals surface area contributed by atoms with Gasteiger partial charge in [-0.25, -0.2) is 0 Å². The number of nitrogens with zero attached hydrogens (tertiary/aromatic N) is 1. The van der Waals surface area contributed by atoms with Crippen molar-refractivity contribution in [3.63, 3.8) is 0 Å². The number of nitrogens with one attached hydrogen (secondary N) is 1. The van der Waals surface area contributed by atoms with Crippen LogP contribution in [0.1, 0.15) is 16.1 Å². The van der Waals surface area contributed by atoms with Gasteiger partial charge in [-0.3, -0.25) is 4.79 Å². The second-order valence-electron chi connectivity index (χ2n) is 3.32. The van der Waals surface area contributed by atoms with Crippen molar-refractivity contribution in [3.05, 3.63) is 51.3 Å². The third-order valence-corrected chi connectivity index (χ3v) is 2.72. The lowest BCUT2D eigenvalue weighted by molar-refractivity contribution is 0.0947.